The minimum absolute atomic E-state index is 0.0384. The highest BCUT2D eigenvalue weighted by Gasteiger charge is 2.09. The lowest BCUT2D eigenvalue weighted by Crippen LogP contribution is -2.36. The fraction of sp³-hybridized carbons (Fsp3) is 0.316. The molecule has 0 radical (unpaired) electrons. The molecule has 23 heavy (non-hydrogen) atoms. The van der Waals surface area contributed by atoms with Crippen LogP contribution in [0.3, 0.4) is 0 Å². The lowest BCUT2D eigenvalue weighted by atomic mass is 10.1. The fourth-order valence-corrected chi connectivity index (χ4v) is 2.52. The van der Waals surface area contributed by atoms with E-state index in [1.807, 2.05) is 50.2 Å². The molecule has 0 saturated carbocycles. The van der Waals surface area contributed by atoms with E-state index in [2.05, 4.69) is 33.4 Å². The highest BCUT2D eigenvalue weighted by atomic mass is 79.9. The SMILES string of the molecule is Cc1cc(OCC(=O)N[C@H](C)CCc2ccccc2)ccc1Br. The summed E-state index contributed by atoms with van der Waals surface area (Å²) in [6.45, 7) is 4.05. The van der Waals surface area contributed by atoms with Crippen LogP contribution >= 0.6 is 15.9 Å². The summed E-state index contributed by atoms with van der Waals surface area (Å²) in [7, 11) is 0. The molecule has 3 nitrogen and oxygen atoms in total. The van der Waals surface area contributed by atoms with Crippen molar-refractivity contribution < 1.29 is 9.53 Å². The molecule has 122 valence electrons. The largest absolute Gasteiger partial charge is 0.484 e. The van der Waals surface area contributed by atoms with Crippen molar-refractivity contribution in [2.45, 2.75) is 32.7 Å². The molecular weight excluding hydrogens is 354 g/mol. The normalized spacial score (nSPS) is 11.8. The van der Waals surface area contributed by atoms with Crippen molar-refractivity contribution in [3.8, 4) is 5.75 Å². The van der Waals surface area contributed by atoms with Gasteiger partial charge in [0.15, 0.2) is 6.61 Å². The van der Waals surface area contributed by atoms with Crippen LogP contribution in [0.15, 0.2) is 53.0 Å². The quantitative estimate of drug-likeness (QED) is 0.784. The average molecular weight is 376 g/mol. The van der Waals surface area contributed by atoms with Crippen LogP contribution in [-0.2, 0) is 11.2 Å². The molecule has 0 fully saturated rings. The second-order valence-corrected chi connectivity index (χ2v) is 6.55. The van der Waals surface area contributed by atoms with Gasteiger partial charge in [0.25, 0.3) is 5.91 Å². The zero-order valence-electron chi connectivity index (χ0n) is 13.5. The van der Waals surface area contributed by atoms with E-state index in [0.29, 0.717) is 5.75 Å². The molecule has 4 heteroatoms. The Bertz CT molecular complexity index is 643. The van der Waals surface area contributed by atoms with Crippen molar-refractivity contribution >= 4 is 21.8 Å². The van der Waals surface area contributed by atoms with Crippen molar-refractivity contribution in [1.82, 2.24) is 5.32 Å². The maximum absolute atomic E-state index is 11.9. The lowest BCUT2D eigenvalue weighted by molar-refractivity contribution is -0.123. The molecule has 0 heterocycles. The predicted molar refractivity (Wildman–Crippen MR) is 96.7 cm³/mol. The minimum Gasteiger partial charge on any atom is -0.484 e. The molecule has 0 aliphatic rings. The van der Waals surface area contributed by atoms with E-state index in [9.17, 15) is 4.79 Å². The molecule has 0 aliphatic carbocycles. The maximum atomic E-state index is 11.9. The van der Waals surface area contributed by atoms with E-state index in [4.69, 9.17) is 4.74 Å². The molecule has 1 amide bonds. The van der Waals surface area contributed by atoms with Crippen LogP contribution in [-0.4, -0.2) is 18.6 Å². The number of carbonyl (C=O) groups excluding carboxylic acids is 1. The third-order valence-corrected chi connectivity index (χ3v) is 4.51. The van der Waals surface area contributed by atoms with Gasteiger partial charge in [-0.25, -0.2) is 0 Å². The summed E-state index contributed by atoms with van der Waals surface area (Å²) in [4.78, 5) is 11.9. The Labute approximate surface area is 146 Å². The second-order valence-electron chi connectivity index (χ2n) is 5.69. The number of hydrogen-bond donors (Lipinski definition) is 1. The highest BCUT2D eigenvalue weighted by Crippen LogP contribution is 2.21. The predicted octanol–water partition coefficient (Wildman–Crippen LogP) is 4.27. The Morgan fingerprint density at radius 2 is 1.96 bits per heavy atom. The number of carbonyl (C=O) groups is 1. The van der Waals surface area contributed by atoms with Crippen molar-refractivity contribution in [2.24, 2.45) is 0 Å². The van der Waals surface area contributed by atoms with Gasteiger partial charge in [-0.2, -0.15) is 0 Å². The van der Waals surface area contributed by atoms with Gasteiger partial charge in [-0.05, 0) is 56.0 Å². The standard InChI is InChI=1S/C19H22BrNO2/c1-14-12-17(10-11-18(14)20)23-13-19(22)21-15(2)8-9-16-6-4-3-5-7-16/h3-7,10-12,15H,8-9,13H2,1-2H3,(H,21,22)/t15-/m1/s1. The van der Waals surface area contributed by atoms with Gasteiger partial charge in [-0.15, -0.1) is 0 Å². The van der Waals surface area contributed by atoms with E-state index < -0.39 is 0 Å². The summed E-state index contributed by atoms with van der Waals surface area (Å²) in [6.07, 6.45) is 1.86. The molecular formula is C19H22BrNO2. The van der Waals surface area contributed by atoms with Crippen molar-refractivity contribution in [3.63, 3.8) is 0 Å². The van der Waals surface area contributed by atoms with Crippen LogP contribution in [0.4, 0.5) is 0 Å². The van der Waals surface area contributed by atoms with Crippen LogP contribution < -0.4 is 10.1 Å². The van der Waals surface area contributed by atoms with Gasteiger partial charge in [0.1, 0.15) is 5.75 Å². The average Bonchev–Trinajstić information content (AvgIpc) is 2.55. The summed E-state index contributed by atoms with van der Waals surface area (Å²) in [5, 5.41) is 2.97. The number of halogens is 1. The molecule has 1 atom stereocenters. The fourth-order valence-electron chi connectivity index (χ4n) is 2.27. The maximum Gasteiger partial charge on any atom is 0.258 e. The zero-order valence-corrected chi connectivity index (χ0v) is 15.1. The van der Waals surface area contributed by atoms with Crippen molar-refractivity contribution in [1.29, 1.82) is 0 Å². The Morgan fingerprint density at radius 3 is 2.65 bits per heavy atom. The van der Waals surface area contributed by atoms with Gasteiger partial charge in [0.2, 0.25) is 0 Å². The second kappa shape index (κ2) is 8.73. The number of hydrogen-bond acceptors (Lipinski definition) is 2. The first-order chi connectivity index (χ1) is 11.0. The van der Waals surface area contributed by atoms with E-state index in [1.54, 1.807) is 0 Å². The number of nitrogens with one attached hydrogen (secondary N) is 1. The minimum atomic E-state index is -0.0915. The first kappa shape index (κ1) is 17.5. The molecule has 2 aromatic rings. The first-order valence-electron chi connectivity index (χ1n) is 7.77. The molecule has 2 aromatic carbocycles. The van der Waals surface area contributed by atoms with Gasteiger partial charge in [-0.1, -0.05) is 46.3 Å². The summed E-state index contributed by atoms with van der Waals surface area (Å²) >= 11 is 3.44. The van der Waals surface area contributed by atoms with Gasteiger partial charge in [-0.3, -0.25) is 4.79 Å². The Hall–Kier alpha value is -1.81. The van der Waals surface area contributed by atoms with Crippen LogP contribution in [0.2, 0.25) is 0 Å². The van der Waals surface area contributed by atoms with E-state index in [-0.39, 0.29) is 18.6 Å². The van der Waals surface area contributed by atoms with Gasteiger partial charge >= 0.3 is 0 Å². The number of benzene rings is 2. The Kier molecular flexibility index (Phi) is 6.66. The first-order valence-corrected chi connectivity index (χ1v) is 8.56. The van der Waals surface area contributed by atoms with Gasteiger partial charge < -0.3 is 10.1 Å². The summed E-state index contributed by atoms with van der Waals surface area (Å²) < 4.78 is 6.57. The molecule has 0 aromatic heterocycles. The lowest BCUT2D eigenvalue weighted by Gasteiger charge is -2.14. The number of rotatable bonds is 7. The topological polar surface area (TPSA) is 38.3 Å². The monoisotopic (exact) mass is 375 g/mol. The third kappa shape index (κ3) is 6.06. The smallest absolute Gasteiger partial charge is 0.258 e. The molecule has 0 saturated heterocycles. The van der Waals surface area contributed by atoms with Crippen molar-refractivity contribution in [3.05, 3.63) is 64.1 Å². The number of amides is 1. The van der Waals surface area contributed by atoms with Crippen LogP contribution in [0.1, 0.15) is 24.5 Å². The van der Waals surface area contributed by atoms with Gasteiger partial charge in [0.05, 0.1) is 0 Å². The van der Waals surface area contributed by atoms with Gasteiger partial charge in [0, 0.05) is 10.5 Å². The third-order valence-electron chi connectivity index (χ3n) is 3.62. The van der Waals surface area contributed by atoms with E-state index >= 15 is 0 Å². The molecule has 0 unspecified atom stereocenters. The van der Waals surface area contributed by atoms with E-state index in [0.717, 1.165) is 22.9 Å². The zero-order chi connectivity index (χ0) is 16.7. The van der Waals surface area contributed by atoms with Crippen LogP contribution in [0.5, 0.6) is 5.75 Å². The number of aryl methyl sites for hydroxylation is 2. The van der Waals surface area contributed by atoms with Crippen LogP contribution in [0, 0.1) is 6.92 Å². The Morgan fingerprint density at radius 1 is 1.22 bits per heavy atom. The van der Waals surface area contributed by atoms with E-state index in [1.165, 1.54) is 5.56 Å². The van der Waals surface area contributed by atoms with Crippen LogP contribution in [0.25, 0.3) is 0 Å². The summed E-state index contributed by atoms with van der Waals surface area (Å²) in [5.74, 6) is 0.615. The summed E-state index contributed by atoms with van der Waals surface area (Å²) in [5.41, 5.74) is 2.37. The van der Waals surface area contributed by atoms with Crippen molar-refractivity contribution in [2.75, 3.05) is 6.61 Å². The molecule has 0 aliphatic heterocycles. The molecule has 1 N–H and O–H groups in total. The molecule has 0 spiro atoms. The highest BCUT2D eigenvalue weighted by molar-refractivity contribution is 9.10. The number of ether oxygens (including phenoxy) is 1. The summed E-state index contributed by atoms with van der Waals surface area (Å²) in [6, 6.07) is 16.1. The molecule has 2 rings (SSSR count). The molecule has 0 bridgehead atoms. The Balaban J connectivity index is 1.72.